The van der Waals surface area contributed by atoms with E-state index in [1.165, 1.54) is 6.26 Å². The highest BCUT2D eigenvalue weighted by molar-refractivity contribution is 6.33. The highest BCUT2D eigenvalue weighted by atomic mass is 35.5. The van der Waals surface area contributed by atoms with Crippen LogP contribution in [-0.2, 0) is 0 Å². The van der Waals surface area contributed by atoms with E-state index in [-0.39, 0.29) is 5.91 Å². The van der Waals surface area contributed by atoms with E-state index in [4.69, 9.17) is 16.0 Å². The van der Waals surface area contributed by atoms with Crippen molar-refractivity contribution in [1.29, 1.82) is 0 Å². The largest absolute Gasteiger partial charge is 0.463 e. The van der Waals surface area contributed by atoms with Crippen LogP contribution in [0.3, 0.4) is 0 Å². The van der Waals surface area contributed by atoms with Crippen molar-refractivity contribution >= 4 is 39.9 Å². The monoisotopic (exact) mass is 474 g/mol. The molecule has 1 saturated heterocycles. The number of piperazine rings is 1. The van der Waals surface area contributed by atoms with Crippen LogP contribution < -0.4 is 10.2 Å². The van der Waals surface area contributed by atoms with E-state index in [9.17, 15) is 4.79 Å². The number of rotatable bonds is 4. The third-order valence-corrected chi connectivity index (χ3v) is 7.06. The summed E-state index contributed by atoms with van der Waals surface area (Å²) in [7, 11) is 2.17. The van der Waals surface area contributed by atoms with Gasteiger partial charge in [0, 0.05) is 59.9 Å². The van der Waals surface area contributed by atoms with Gasteiger partial charge in [-0.1, -0.05) is 17.7 Å². The Kier molecular flexibility index (Phi) is 6.02. The Morgan fingerprint density at radius 3 is 2.50 bits per heavy atom. The molecule has 34 heavy (non-hydrogen) atoms. The number of carbonyl (C=O) groups is 1. The molecule has 5 rings (SSSR count). The van der Waals surface area contributed by atoms with Crippen molar-refractivity contribution in [3.8, 4) is 11.1 Å². The van der Waals surface area contributed by atoms with Crippen LogP contribution in [0.15, 0.2) is 71.6 Å². The molecule has 4 aromatic rings. The lowest BCUT2D eigenvalue weighted by atomic mass is 10.1. The molecule has 174 valence electrons. The fraction of sp³-hybridized carbons (Fsp3) is 0.259. The SMILES string of the molecule is C[C@@H]1CN(c2ccc3occ(C(=O)Nc4ccc(-c5ccncc5)c(Cl)c4)c3c2)C[C@H](C)N1C. The van der Waals surface area contributed by atoms with Gasteiger partial charge in [0.2, 0.25) is 0 Å². The van der Waals surface area contributed by atoms with Crippen molar-refractivity contribution in [1.82, 2.24) is 9.88 Å². The molecular formula is C27H27ClN4O2. The molecular weight excluding hydrogens is 448 g/mol. The molecule has 0 unspecified atom stereocenters. The van der Waals surface area contributed by atoms with Gasteiger partial charge < -0.3 is 14.6 Å². The summed E-state index contributed by atoms with van der Waals surface area (Å²) in [6, 6.07) is 16.3. The molecule has 1 amide bonds. The minimum atomic E-state index is -0.233. The van der Waals surface area contributed by atoms with Gasteiger partial charge in [0.25, 0.3) is 5.91 Å². The lowest BCUT2D eigenvalue weighted by Gasteiger charge is -2.43. The molecule has 0 aliphatic carbocycles. The number of aromatic nitrogens is 1. The lowest BCUT2D eigenvalue weighted by molar-refractivity contribution is 0.102. The molecule has 0 radical (unpaired) electrons. The van der Waals surface area contributed by atoms with Crippen LogP contribution in [0, 0.1) is 0 Å². The predicted molar refractivity (Wildman–Crippen MR) is 138 cm³/mol. The summed E-state index contributed by atoms with van der Waals surface area (Å²) in [5, 5.41) is 4.32. The summed E-state index contributed by atoms with van der Waals surface area (Å²) in [5.41, 5.74) is 4.77. The van der Waals surface area contributed by atoms with Gasteiger partial charge in [0.05, 0.1) is 10.6 Å². The molecule has 7 heteroatoms. The van der Waals surface area contributed by atoms with Crippen molar-refractivity contribution in [3.05, 3.63) is 77.8 Å². The van der Waals surface area contributed by atoms with E-state index in [1.807, 2.05) is 30.3 Å². The predicted octanol–water partition coefficient (Wildman–Crippen LogP) is 5.93. The molecule has 0 spiro atoms. The first-order chi connectivity index (χ1) is 16.4. The summed E-state index contributed by atoms with van der Waals surface area (Å²) in [6.45, 7) is 6.36. The van der Waals surface area contributed by atoms with Gasteiger partial charge >= 0.3 is 0 Å². The van der Waals surface area contributed by atoms with Crippen molar-refractivity contribution in [2.75, 3.05) is 30.4 Å². The van der Waals surface area contributed by atoms with E-state index >= 15 is 0 Å². The molecule has 2 atom stereocenters. The highest BCUT2D eigenvalue weighted by Crippen LogP contribution is 2.32. The van der Waals surface area contributed by atoms with Crippen LogP contribution in [0.5, 0.6) is 0 Å². The van der Waals surface area contributed by atoms with Gasteiger partial charge in [0.15, 0.2) is 0 Å². The fourth-order valence-electron chi connectivity index (χ4n) is 4.56. The number of nitrogens with one attached hydrogen (secondary N) is 1. The topological polar surface area (TPSA) is 61.6 Å². The summed E-state index contributed by atoms with van der Waals surface area (Å²) >= 11 is 6.51. The van der Waals surface area contributed by atoms with E-state index in [0.29, 0.717) is 33.9 Å². The van der Waals surface area contributed by atoms with Gasteiger partial charge in [0.1, 0.15) is 11.8 Å². The summed E-state index contributed by atoms with van der Waals surface area (Å²) in [4.78, 5) is 22.0. The number of amides is 1. The van der Waals surface area contributed by atoms with E-state index in [0.717, 1.165) is 35.3 Å². The third kappa shape index (κ3) is 4.27. The average molecular weight is 475 g/mol. The summed E-state index contributed by atoms with van der Waals surface area (Å²) < 4.78 is 5.69. The van der Waals surface area contributed by atoms with Crippen molar-refractivity contribution in [2.45, 2.75) is 25.9 Å². The molecule has 1 N–H and O–H groups in total. The van der Waals surface area contributed by atoms with Gasteiger partial charge in [-0.2, -0.15) is 0 Å². The number of halogens is 1. The van der Waals surface area contributed by atoms with Gasteiger partial charge in [-0.05, 0) is 68.9 Å². The van der Waals surface area contributed by atoms with Crippen LogP contribution in [0.4, 0.5) is 11.4 Å². The second kappa shape index (κ2) is 9.12. The standard InChI is InChI=1S/C27H27ClN4O2/c1-17-14-32(15-18(2)31(17)3)21-5-7-26-23(13-21)24(16-34-26)27(33)30-20-4-6-22(25(28)12-20)19-8-10-29-11-9-19/h4-13,16-18H,14-15H2,1-3H3,(H,30,33)/t17-,18+. The molecule has 0 bridgehead atoms. The molecule has 3 heterocycles. The summed E-state index contributed by atoms with van der Waals surface area (Å²) in [5.74, 6) is -0.233. The number of fused-ring (bicyclic) bond motifs is 1. The zero-order valence-electron chi connectivity index (χ0n) is 19.5. The first-order valence-electron chi connectivity index (χ1n) is 11.4. The Balaban J connectivity index is 1.38. The second-order valence-corrected chi connectivity index (χ2v) is 9.39. The van der Waals surface area contributed by atoms with Crippen molar-refractivity contribution in [3.63, 3.8) is 0 Å². The van der Waals surface area contributed by atoms with Crippen molar-refractivity contribution < 1.29 is 9.21 Å². The van der Waals surface area contributed by atoms with Gasteiger partial charge in [-0.3, -0.25) is 14.7 Å². The third-order valence-electron chi connectivity index (χ3n) is 6.74. The normalized spacial score (nSPS) is 18.9. The Bertz CT molecular complexity index is 1330. The average Bonchev–Trinajstić information content (AvgIpc) is 3.26. The second-order valence-electron chi connectivity index (χ2n) is 8.98. The molecule has 1 aliphatic rings. The minimum Gasteiger partial charge on any atom is -0.463 e. The van der Waals surface area contributed by atoms with Crippen molar-refractivity contribution in [2.24, 2.45) is 0 Å². The zero-order valence-corrected chi connectivity index (χ0v) is 20.2. The maximum Gasteiger partial charge on any atom is 0.259 e. The number of hydrogen-bond donors (Lipinski definition) is 1. The van der Waals surface area contributed by atoms with E-state index < -0.39 is 0 Å². The van der Waals surface area contributed by atoms with Crippen LogP contribution in [0.2, 0.25) is 5.02 Å². The first kappa shape index (κ1) is 22.4. The van der Waals surface area contributed by atoms with E-state index in [2.05, 4.69) is 53.1 Å². The van der Waals surface area contributed by atoms with Gasteiger partial charge in [-0.25, -0.2) is 0 Å². The number of pyridine rings is 1. The Hall–Kier alpha value is -3.35. The quantitative estimate of drug-likeness (QED) is 0.397. The van der Waals surface area contributed by atoms with Crippen LogP contribution in [-0.4, -0.2) is 48.0 Å². The first-order valence-corrected chi connectivity index (χ1v) is 11.8. The molecule has 1 aliphatic heterocycles. The number of likely N-dealkylation sites (N-methyl/N-ethyl adjacent to an activating group) is 1. The Morgan fingerprint density at radius 2 is 1.79 bits per heavy atom. The molecule has 0 saturated carbocycles. The smallest absolute Gasteiger partial charge is 0.259 e. The zero-order chi connectivity index (χ0) is 23.8. The Morgan fingerprint density at radius 1 is 1.06 bits per heavy atom. The lowest BCUT2D eigenvalue weighted by Crippen LogP contribution is -2.55. The van der Waals surface area contributed by atoms with E-state index in [1.54, 1.807) is 18.5 Å². The molecule has 2 aromatic heterocycles. The molecule has 2 aromatic carbocycles. The number of benzene rings is 2. The minimum absolute atomic E-state index is 0.233. The molecule has 6 nitrogen and oxygen atoms in total. The number of carbonyl (C=O) groups excluding carboxylic acids is 1. The number of furan rings is 1. The Labute approximate surface area is 204 Å². The van der Waals surface area contributed by atoms with Crippen LogP contribution in [0.25, 0.3) is 22.1 Å². The fourth-order valence-corrected chi connectivity index (χ4v) is 4.85. The maximum absolute atomic E-state index is 13.1. The molecule has 1 fully saturated rings. The van der Waals surface area contributed by atoms with Crippen LogP contribution in [0.1, 0.15) is 24.2 Å². The number of hydrogen-bond acceptors (Lipinski definition) is 5. The van der Waals surface area contributed by atoms with Gasteiger partial charge in [-0.15, -0.1) is 0 Å². The number of anilines is 2. The summed E-state index contributed by atoms with van der Waals surface area (Å²) in [6.07, 6.45) is 4.97. The highest BCUT2D eigenvalue weighted by Gasteiger charge is 2.27. The maximum atomic E-state index is 13.1. The number of nitrogens with zero attached hydrogens (tertiary/aromatic N) is 3. The van der Waals surface area contributed by atoms with Crippen LogP contribution >= 0.6 is 11.6 Å².